The zero-order chi connectivity index (χ0) is 16.9. The van der Waals surface area contributed by atoms with Crippen molar-refractivity contribution in [1.29, 1.82) is 0 Å². The van der Waals surface area contributed by atoms with Gasteiger partial charge < -0.3 is 14.6 Å². The molecule has 1 N–H and O–H groups in total. The van der Waals surface area contributed by atoms with Crippen LogP contribution in [-0.4, -0.2) is 16.7 Å². The van der Waals surface area contributed by atoms with Crippen LogP contribution in [0, 0.1) is 5.82 Å². The Hall–Kier alpha value is -2.60. The Labute approximate surface area is 143 Å². The van der Waals surface area contributed by atoms with Crippen molar-refractivity contribution < 1.29 is 13.7 Å². The summed E-state index contributed by atoms with van der Waals surface area (Å²) in [7, 11) is 0. The fourth-order valence-corrected chi connectivity index (χ4v) is 2.28. The molecule has 124 valence electrons. The summed E-state index contributed by atoms with van der Waals surface area (Å²) in [5, 5.41) is 7.06. The first-order chi connectivity index (χ1) is 11.7. The van der Waals surface area contributed by atoms with Gasteiger partial charge in [0.1, 0.15) is 11.6 Å². The molecule has 0 aliphatic heterocycles. The molecular weight excluding hydrogens is 333 g/mol. The molecule has 1 aromatic heterocycles. The summed E-state index contributed by atoms with van der Waals surface area (Å²) in [5.41, 5.74) is 1.50. The van der Waals surface area contributed by atoms with Gasteiger partial charge in [0.2, 0.25) is 11.7 Å². The van der Waals surface area contributed by atoms with Gasteiger partial charge in [-0.3, -0.25) is 0 Å². The predicted octanol–water partition coefficient (Wildman–Crippen LogP) is 4.54. The maximum atomic E-state index is 13.1. The molecule has 7 heteroatoms. The quantitative estimate of drug-likeness (QED) is 0.709. The lowest BCUT2D eigenvalue weighted by molar-refractivity contribution is 0.340. The third-order valence-electron chi connectivity index (χ3n) is 3.25. The number of benzene rings is 2. The topological polar surface area (TPSA) is 60.2 Å². The molecule has 0 fully saturated rings. The van der Waals surface area contributed by atoms with Crippen LogP contribution in [0.4, 0.5) is 10.1 Å². The number of anilines is 1. The summed E-state index contributed by atoms with van der Waals surface area (Å²) in [4.78, 5) is 4.32. The molecule has 0 aliphatic rings. The first-order valence-electron chi connectivity index (χ1n) is 7.40. The highest BCUT2D eigenvalue weighted by atomic mass is 35.5. The summed E-state index contributed by atoms with van der Waals surface area (Å²) >= 11 is 5.74. The van der Waals surface area contributed by atoms with Gasteiger partial charge in [-0.05, 0) is 49.4 Å². The minimum absolute atomic E-state index is 0.0561. The molecule has 0 saturated heterocycles. The van der Waals surface area contributed by atoms with Crippen molar-refractivity contribution in [3.05, 3.63) is 59.2 Å². The Morgan fingerprint density at radius 2 is 2.00 bits per heavy atom. The Morgan fingerprint density at radius 3 is 2.71 bits per heavy atom. The summed E-state index contributed by atoms with van der Waals surface area (Å²) in [5.74, 6) is 1.24. The Kier molecular flexibility index (Phi) is 4.96. The molecule has 2 aromatic carbocycles. The third kappa shape index (κ3) is 3.83. The lowest BCUT2D eigenvalue weighted by Gasteiger charge is -2.04. The van der Waals surface area contributed by atoms with E-state index in [0.29, 0.717) is 30.6 Å². The molecule has 0 radical (unpaired) electrons. The molecule has 1 heterocycles. The highest BCUT2D eigenvalue weighted by molar-refractivity contribution is 6.31. The maximum Gasteiger partial charge on any atom is 0.246 e. The van der Waals surface area contributed by atoms with Crippen LogP contribution in [0.2, 0.25) is 5.02 Å². The lowest BCUT2D eigenvalue weighted by atomic mass is 10.2. The van der Waals surface area contributed by atoms with E-state index >= 15 is 0 Å². The Morgan fingerprint density at radius 1 is 1.21 bits per heavy atom. The molecule has 0 unspecified atom stereocenters. The zero-order valence-electron chi connectivity index (χ0n) is 12.9. The normalized spacial score (nSPS) is 10.6. The van der Waals surface area contributed by atoms with Crippen LogP contribution in [0.5, 0.6) is 5.75 Å². The second-order valence-electron chi connectivity index (χ2n) is 4.95. The van der Waals surface area contributed by atoms with Crippen LogP contribution in [0.3, 0.4) is 0 Å². The van der Waals surface area contributed by atoms with Gasteiger partial charge in [0.25, 0.3) is 0 Å². The van der Waals surface area contributed by atoms with Crippen LogP contribution >= 0.6 is 11.6 Å². The van der Waals surface area contributed by atoms with Gasteiger partial charge in [0.05, 0.1) is 18.2 Å². The Balaban J connectivity index is 1.65. The van der Waals surface area contributed by atoms with Crippen molar-refractivity contribution in [2.75, 3.05) is 11.9 Å². The van der Waals surface area contributed by atoms with Gasteiger partial charge in [-0.1, -0.05) is 16.8 Å². The van der Waals surface area contributed by atoms with E-state index in [9.17, 15) is 4.39 Å². The lowest BCUT2D eigenvalue weighted by Crippen LogP contribution is -1.99. The van der Waals surface area contributed by atoms with E-state index in [4.69, 9.17) is 20.9 Å². The molecule has 0 spiro atoms. The van der Waals surface area contributed by atoms with Crippen molar-refractivity contribution in [3.8, 4) is 17.1 Å². The number of aromatic nitrogens is 2. The van der Waals surface area contributed by atoms with E-state index in [1.807, 2.05) is 31.2 Å². The number of nitrogens with zero attached hydrogens (tertiary/aromatic N) is 2. The molecule has 0 aliphatic carbocycles. The van der Waals surface area contributed by atoms with Crippen LogP contribution < -0.4 is 10.1 Å². The molecule has 0 bridgehead atoms. The second-order valence-corrected chi connectivity index (χ2v) is 5.36. The van der Waals surface area contributed by atoms with Gasteiger partial charge in [-0.25, -0.2) is 4.39 Å². The van der Waals surface area contributed by atoms with Crippen LogP contribution in [0.1, 0.15) is 12.8 Å². The molecule has 24 heavy (non-hydrogen) atoms. The molecule has 0 amide bonds. The van der Waals surface area contributed by atoms with E-state index in [1.165, 1.54) is 12.1 Å². The number of hydrogen-bond acceptors (Lipinski definition) is 5. The number of nitrogens with one attached hydrogen (secondary N) is 1. The molecular formula is C17H15ClFN3O2. The fourth-order valence-electron chi connectivity index (χ4n) is 2.09. The fraction of sp³-hybridized carbons (Fsp3) is 0.176. The standard InChI is InChI=1S/C17H15ClFN3O2/c1-2-23-13-6-3-11(4-7-13)17-21-16(24-22-17)10-20-12-5-8-15(19)14(18)9-12/h3-9,20H,2,10H2,1H3. The summed E-state index contributed by atoms with van der Waals surface area (Å²) in [6, 6.07) is 11.8. The summed E-state index contributed by atoms with van der Waals surface area (Å²) in [6.07, 6.45) is 0. The van der Waals surface area contributed by atoms with E-state index in [1.54, 1.807) is 6.07 Å². The minimum Gasteiger partial charge on any atom is -0.494 e. The average Bonchev–Trinajstić information content (AvgIpc) is 3.06. The second kappa shape index (κ2) is 7.31. The first kappa shape index (κ1) is 16.3. The van der Waals surface area contributed by atoms with Gasteiger partial charge >= 0.3 is 0 Å². The highest BCUT2D eigenvalue weighted by Gasteiger charge is 2.09. The van der Waals surface area contributed by atoms with Gasteiger partial charge in [-0.2, -0.15) is 4.98 Å². The van der Waals surface area contributed by atoms with Crippen molar-refractivity contribution in [3.63, 3.8) is 0 Å². The first-order valence-corrected chi connectivity index (χ1v) is 7.78. The predicted molar refractivity (Wildman–Crippen MR) is 89.6 cm³/mol. The van der Waals surface area contributed by atoms with Gasteiger partial charge in [0, 0.05) is 11.3 Å². The van der Waals surface area contributed by atoms with Crippen molar-refractivity contribution in [1.82, 2.24) is 10.1 Å². The smallest absolute Gasteiger partial charge is 0.246 e. The SMILES string of the molecule is CCOc1ccc(-c2noc(CNc3ccc(F)c(Cl)c3)n2)cc1. The average molecular weight is 348 g/mol. The summed E-state index contributed by atoms with van der Waals surface area (Å²) < 4.78 is 23.7. The third-order valence-corrected chi connectivity index (χ3v) is 3.54. The van der Waals surface area contributed by atoms with E-state index in [2.05, 4.69) is 15.5 Å². The number of hydrogen-bond donors (Lipinski definition) is 1. The van der Waals surface area contributed by atoms with Crippen LogP contribution in [0.15, 0.2) is 47.0 Å². The van der Waals surface area contributed by atoms with Gasteiger partial charge in [0.15, 0.2) is 0 Å². The molecule has 5 nitrogen and oxygen atoms in total. The van der Waals surface area contributed by atoms with Crippen molar-refractivity contribution in [2.45, 2.75) is 13.5 Å². The minimum atomic E-state index is -0.460. The number of rotatable bonds is 6. The van der Waals surface area contributed by atoms with Gasteiger partial charge in [-0.15, -0.1) is 0 Å². The maximum absolute atomic E-state index is 13.1. The number of ether oxygens (including phenoxy) is 1. The molecule has 3 aromatic rings. The van der Waals surface area contributed by atoms with Crippen molar-refractivity contribution in [2.24, 2.45) is 0 Å². The van der Waals surface area contributed by atoms with Crippen LogP contribution in [0.25, 0.3) is 11.4 Å². The van der Waals surface area contributed by atoms with E-state index in [0.717, 1.165) is 11.3 Å². The Bertz CT molecular complexity index is 821. The van der Waals surface area contributed by atoms with E-state index in [-0.39, 0.29) is 5.02 Å². The monoisotopic (exact) mass is 347 g/mol. The molecule has 3 rings (SSSR count). The molecule has 0 saturated carbocycles. The van der Waals surface area contributed by atoms with E-state index < -0.39 is 5.82 Å². The van der Waals surface area contributed by atoms with Crippen LogP contribution in [-0.2, 0) is 6.54 Å². The summed E-state index contributed by atoms with van der Waals surface area (Å²) in [6.45, 7) is 2.86. The zero-order valence-corrected chi connectivity index (χ0v) is 13.7. The number of halogens is 2. The highest BCUT2D eigenvalue weighted by Crippen LogP contribution is 2.22. The largest absolute Gasteiger partial charge is 0.494 e. The molecule has 0 atom stereocenters. The van der Waals surface area contributed by atoms with Crippen molar-refractivity contribution >= 4 is 17.3 Å².